The summed E-state index contributed by atoms with van der Waals surface area (Å²) in [4.78, 5) is 13.3. The van der Waals surface area contributed by atoms with Gasteiger partial charge >= 0.3 is 5.95 Å². The summed E-state index contributed by atoms with van der Waals surface area (Å²) in [6.45, 7) is 9.22. The highest BCUT2D eigenvalue weighted by Gasteiger charge is 2.26. The smallest absolute Gasteiger partial charge is 0.401 e. The molecule has 9 nitrogen and oxygen atoms in total. The SMILES string of the molecule is Cc1cc(OCC2CC2)nn2c(N)[n+](CC(=O)c3cc(OCCCO)cc(C(C)(C)C)c3)nc12. The summed E-state index contributed by atoms with van der Waals surface area (Å²) < 4.78 is 14.6. The van der Waals surface area contributed by atoms with E-state index in [1.807, 2.05) is 25.1 Å². The van der Waals surface area contributed by atoms with Gasteiger partial charge in [-0.1, -0.05) is 35.5 Å². The molecule has 1 aliphatic carbocycles. The summed E-state index contributed by atoms with van der Waals surface area (Å²) in [6, 6.07) is 7.41. The molecule has 9 heteroatoms. The molecule has 2 aromatic heterocycles. The van der Waals surface area contributed by atoms with Crippen molar-refractivity contribution in [1.82, 2.24) is 14.7 Å². The van der Waals surface area contributed by atoms with Crippen LogP contribution in [0.3, 0.4) is 0 Å². The normalized spacial score (nSPS) is 13.9. The lowest BCUT2D eigenvalue weighted by molar-refractivity contribution is -0.723. The highest BCUT2D eigenvalue weighted by atomic mass is 16.5. The number of aliphatic hydroxyl groups is 1. The van der Waals surface area contributed by atoms with Crippen LogP contribution < -0.4 is 19.9 Å². The van der Waals surface area contributed by atoms with E-state index >= 15 is 0 Å². The third-order valence-corrected chi connectivity index (χ3v) is 5.91. The number of ether oxygens (including phenoxy) is 2. The van der Waals surface area contributed by atoms with E-state index in [1.54, 1.807) is 6.07 Å². The van der Waals surface area contributed by atoms with Gasteiger partial charge in [-0.25, -0.2) is 0 Å². The number of nitrogens with zero attached hydrogens (tertiary/aromatic N) is 4. The molecule has 0 amide bonds. The minimum absolute atomic E-state index is 0.0312. The summed E-state index contributed by atoms with van der Waals surface area (Å²) >= 11 is 0. The van der Waals surface area contributed by atoms with Gasteiger partial charge in [0.2, 0.25) is 5.88 Å². The molecule has 3 aromatic rings. The number of Topliss-reactive ketones (excluding diaryl/α,β-unsaturated/α-hetero) is 1. The molecule has 0 atom stereocenters. The van der Waals surface area contributed by atoms with Gasteiger partial charge in [-0.3, -0.25) is 10.5 Å². The van der Waals surface area contributed by atoms with Crippen molar-refractivity contribution in [2.75, 3.05) is 25.6 Å². The number of carbonyl (C=O) groups is 1. The second-order valence-corrected chi connectivity index (χ2v) is 10.0. The molecule has 1 saturated carbocycles. The predicted octanol–water partition coefficient (Wildman–Crippen LogP) is 2.64. The first-order chi connectivity index (χ1) is 16.2. The number of aryl methyl sites for hydroxylation is 1. The van der Waals surface area contributed by atoms with E-state index in [2.05, 4.69) is 31.0 Å². The quantitative estimate of drug-likeness (QED) is 0.267. The van der Waals surface area contributed by atoms with Crippen LogP contribution in [-0.2, 0) is 12.0 Å². The van der Waals surface area contributed by atoms with Crippen molar-refractivity contribution in [3.8, 4) is 11.6 Å². The molecule has 34 heavy (non-hydrogen) atoms. The minimum Gasteiger partial charge on any atom is -0.493 e. The summed E-state index contributed by atoms with van der Waals surface area (Å²) in [6.07, 6.45) is 2.91. The zero-order chi connectivity index (χ0) is 24.5. The fraction of sp³-hybridized carbons (Fsp3) is 0.520. The lowest BCUT2D eigenvalue weighted by atomic mass is 9.85. The second-order valence-electron chi connectivity index (χ2n) is 10.0. The van der Waals surface area contributed by atoms with Crippen LogP contribution in [0.25, 0.3) is 5.65 Å². The number of carbonyl (C=O) groups excluding carboxylic acids is 1. The molecule has 0 unspecified atom stereocenters. The summed E-state index contributed by atoms with van der Waals surface area (Å²) in [5, 5.41) is 18.1. The first-order valence-electron chi connectivity index (χ1n) is 11.8. The van der Waals surface area contributed by atoms with E-state index in [-0.39, 0.29) is 30.3 Å². The molecule has 0 spiro atoms. The predicted molar refractivity (Wildman–Crippen MR) is 127 cm³/mol. The number of nitrogens with two attached hydrogens (primary N) is 1. The molecule has 1 fully saturated rings. The highest BCUT2D eigenvalue weighted by molar-refractivity contribution is 5.95. The number of ketones is 1. The third kappa shape index (κ3) is 5.47. The van der Waals surface area contributed by atoms with Gasteiger partial charge in [0.25, 0.3) is 5.65 Å². The van der Waals surface area contributed by atoms with E-state index in [0.29, 0.717) is 48.4 Å². The monoisotopic (exact) mass is 468 g/mol. The van der Waals surface area contributed by atoms with Crippen molar-refractivity contribution in [1.29, 1.82) is 0 Å². The van der Waals surface area contributed by atoms with Crippen LogP contribution >= 0.6 is 0 Å². The van der Waals surface area contributed by atoms with Crippen molar-refractivity contribution in [2.45, 2.75) is 58.9 Å². The molecular weight excluding hydrogens is 434 g/mol. The van der Waals surface area contributed by atoms with Crippen molar-refractivity contribution >= 4 is 17.4 Å². The average Bonchev–Trinajstić information content (AvgIpc) is 3.56. The second kappa shape index (κ2) is 9.58. The van der Waals surface area contributed by atoms with Gasteiger partial charge in [-0.05, 0) is 54.9 Å². The summed E-state index contributed by atoms with van der Waals surface area (Å²) in [5.74, 6) is 1.84. The Morgan fingerprint density at radius 1 is 1.24 bits per heavy atom. The Morgan fingerprint density at radius 2 is 2.00 bits per heavy atom. The molecule has 1 aromatic carbocycles. The maximum atomic E-state index is 13.3. The summed E-state index contributed by atoms with van der Waals surface area (Å²) in [7, 11) is 0. The molecule has 1 aliphatic rings. The summed E-state index contributed by atoms with van der Waals surface area (Å²) in [5.41, 5.74) is 9.12. The zero-order valence-corrected chi connectivity index (χ0v) is 20.4. The van der Waals surface area contributed by atoms with Crippen LogP contribution in [0.15, 0.2) is 24.3 Å². The number of fused-ring (bicyclic) bond motifs is 1. The first-order valence-corrected chi connectivity index (χ1v) is 11.8. The molecule has 3 N–H and O–H groups in total. The van der Waals surface area contributed by atoms with E-state index in [0.717, 1.165) is 11.1 Å². The number of rotatable bonds is 10. The molecule has 0 radical (unpaired) electrons. The van der Waals surface area contributed by atoms with Gasteiger partial charge in [0.1, 0.15) is 5.75 Å². The first kappa shape index (κ1) is 23.9. The molecular formula is C25H34N5O4+. The lowest BCUT2D eigenvalue weighted by Crippen LogP contribution is -2.42. The number of benzene rings is 1. The third-order valence-electron chi connectivity index (χ3n) is 5.91. The van der Waals surface area contributed by atoms with E-state index in [4.69, 9.17) is 20.3 Å². The average molecular weight is 469 g/mol. The van der Waals surface area contributed by atoms with Gasteiger partial charge in [0.15, 0.2) is 12.3 Å². The number of hydrogen-bond acceptors (Lipinski definition) is 7. The number of anilines is 1. The largest absolute Gasteiger partial charge is 0.493 e. The van der Waals surface area contributed by atoms with Crippen LogP contribution in [-0.4, -0.2) is 45.4 Å². The molecule has 0 aliphatic heterocycles. The molecule has 2 heterocycles. The molecule has 4 rings (SSSR count). The van der Waals surface area contributed by atoms with Gasteiger partial charge in [-0.15, -0.1) is 4.68 Å². The number of aliphatic hydroxyl groups excluding tert-OH is 1. The van der Waals surface area contributed by atoms with E-state index in [1.165, 1.54) is 22.0 Å². The number of hydrogen-bond donors (Lipinski definition) is 2. The standard InChI is InChI=1S/C25H33N5O4/c1-16-10-22(34-15-17-6-7-17)27-30-23(16)28-29(24(30)26)14-21(32)18-11-19(25(2,3)4)13-20(12-18)33-9-5-8-31/h10-13,17,26,31H,5-9,14-15H2,1-4H3/p+1. The van der Waals surface area contributed by atoms with Crippen LogP contribution in [0.4, 0.5) is 5.95 Å². The zero-order valence-electron chi connectivity index (χ0n) is 20.4. The van der Waals surface area contributed by atoms with Crippen LogP contribution in [0.5, 0.6) is 11.6 Å². The minimum atomic E-state index is -0.168. The Hall–Kier alpha value is -3.20. The fourth-order valence-corrected chi connectivity index (χ4v) is 3.58. The van der Waals surface area contributed by atoms with E-state index in [9.17, 15) is 4.79 Å². The van der Waals surface area contributed by atoms with Crippen molar-refractivity contribution < 1.29 is 24.1 Å². The molecule has 182 valence electrons. The Kier molecular flexibility index (Phi) is 6.74. The van der Waals surface area contributed by atoms with Crippen LogP contribution in [0, 0.1) is 12.8 Å². The van der Waals surface area contributed by atoms with Crippen LogP contribution in [0.2, 0.25) is 0 Å². The van der Waals surface area contributed by atoms with Crippen molar-refractivity contribution in [3.05, 3.63) is 41.0 Å². The van der Waals surface area contributed by atoms with Crippen molar-refractivity contribution in [3.63, 3.8) is 0 Å². The fourth-order valence-electron chi connectivity index (χ4n) is 3.58. The van der Waals surface area contributed by atoms with Gasteiger partial charge < -0.3 is 14.6 Å². The number of aromatic nitrogens is 4. The Labute approximate surface area is 199 Å². The van der Waals surface area contributed by atoms with Gasteiger partial charge in [0, 0.05) is 30.2 Å². The van der Waals surface area contributed by atoms with Crippen molar-refractivity contribution in [2.24, 2.45) is 5.92 Å². The van der Waals surface area contributed by atoms with E-state index < -0.39 is 0 Å². The maximum Gasteiger partial charge on any atom is 0.401 e. The Bertz CT molecular complexity index is 1190. The van der Waals surface area contributed by atoms with Gasteiger partial charge in [-0.2, -0.15) is 0 Å². The number of nitrogen functional groups attached to an aromatic ring is 1. The Morgan fingerprint density at radius 3 is 2.68 bits per heavy atom. The van der Waals surface area contributed by atoms with Gasteiger partial charge in [0.05, 0.1) is 13.2 Å². The molecule has 0 bridgehead atoms. The Balaban J connectivity index is 1.59. The highest BCUT2D eigenvalue weighted by Crippen LogP contribution is 2.30. The maximum absolute atomic E-state index is 13.3. The lowest BCUT2D eigenvalue weighted by Gasteiger charge is -2.21. The van der Waals surface area contributed by atoms with Crippen LogP contribution in [0.1, 0.15) is 61.5 Å². The topological polar surface area (TPSA) is 116 Å². The molecule has 0 saturated heterocycles.